The van der Waals surface area contributed by atoms with Crippen molar-refractivity contribution in [3.05, 3.63) is 0 Å². The van der Waals surface area contributed by atoms with E-state index in [4.69, 9.17) is 0 Å². The average Bonchev–Trinajstić information content (AvgIpc) is 2.08. The Balaban J connectivity index is 3.72. The largest absolute Gasteiger partial charge is 0.302 e. The lowest BCUT2D eigenvalue weighted by Crippen LogP contribution is -2.30. The first-order chi connectivity index (χ1) is 6.49. The van der Waals surface area contributed by atoms with Crippen molar-refractivity contribution in [1.29, 1.82) is 0 Å². The number of unbranched alkanes of at least 4 members (excludes halogenated alkanes) is 1. The fourth-order valence-electron chi connectivity index (χ4n) is 1.33. The van der Waals surface area contributed by atoms with Gasteiger partial charge in [-0.3, -0.25) is 0 Å². The van der Waals surface area contributed by atoms with Crippen LogP contribution in [0.25, 0.3) is 0 Å². The molecule has 2 heteroatoms. The smallest absolute Gasteiger partial charge is 0.0159 e. The van der Waals surface area contributed by atoms with Crippen LogP contribution in [0.4, 0.5) is 0 Å². The van der Waals surface area contributed by atoms with Crippen molar-refractivity contribution in [3.8, 4) is 0 Å². The third-order valence-electron chi connectivity index (χ3n) is 2.41. The van der Waals surface area contributed by atoms with E-state index >= 15 is 0 Å². The lowest BCUT2D eigenvalue weighted by atomic mass is 9.92. The Bertz CT molecular complexity index is 129. The first-order valence-corrected chi connectivity index (χ1v) is 6.90. The second kappa shape index (κ2) is 7.70. The van der Waals surface area contributed by atoms with Gasteiger partial charge in [-0.25, -0.2) is 0 Å². The molecule has 0 radical (unpaired) electrons. The third kappa shape index (κ3) is 9.01. The van der Waals surface area contributed by atoms with Crippen LogP contribution in [0.1, 0.15) is 47.0 Å². The second-order valence-electron chi connectivity index (χ2n) is 5.19. The molecule has 0 rings (SSSR count). The molecule has 0 aliphatic carbocycles. The van der Waals surface area contributed by atoms with Crippen molar-refractivity contribution >= 4 is 15.9 Å². The molecule has 0 amide bonds. The highest BCUT2D eigenvalue weighted by molar-refractivity contribution is 9.09. The van der Waals surface area contributed by atoms with Gasteiger partial charge in [-0.2, -0.15) is 0 Å². The zero-order valence-corrected chi connectivity index (χ0v) is 11.9. The number of hydrogen-bond acceptors (Lipinski definition) is 1. The van der Waals surface area contributed by atoms with Gasteiger partial charge in [-0.05, 0) is 31.3 Å². The van der Waals surface area contributed by atoms with Gasteiger partial charge in [0.2, 0.25) is 0 Å². The third-order valence-corrected chi connectivity index (χ3v) is 2.76. The van der Waals surface area contributed by atoms with Crippen LogP contribution in [0, 0.1) is 5.41 Å². The van der Waals surface area contributed by atoms with Crippen molar-refractivity contribution in [3.63, 3.8) is 0 Å². The number of alkyl halides is 1. The number of rotatable bonds is 7. The van der Waals surface area contributed by atoms with Crippen LogP contribution >= 0.6 is 15.9 Å². The van der Waals surface area contributed by atoms with E-state index in [0.717, 1.165) is 5.33 Å². The molecule has 0 bridgehead atoms. The summed E-state index contributed by atoms with van der Waals surface area (Å²) in [5.74, 6) is 0. The predicted octanol–water partition coefficient (Wildman–Crippen LogP) is 3.92. The van der Waals surface area contributed by atoms with Gasteiger partial charge in [0.1, 0.15) is 0 Å². The molecule has 1 nitrogen and oxygen atoms in total. The van der Waals surface area contributed by atoms with Crippen LogP contribution < -0.4 is 0 Å². The summed E-state index contributed by atoms with van der Waals surface area (Å²) in [5.41, 5.74) is 0.469. The fourth-order valence-corrected chi connectivity index (χ4v) is 1.83. The summed E-state index contributed by atoms with van der Waals surface area (Å²) in [5, 5.41) is 1.10. The number of nitrogens with zero attached hydrogens (tertiary/aromatic N) is 1. The van der Waals surface area contributed by atoms with Crippen LogP contribution in [-0.4, -0.2) is 29.9 Å². The zero-order valence-electron chi connectivity index (χ0n) is 10.3. The molecule has 0 fully saturated rings. The molecule has 0 saturated carbocycles. The van der Waals surface area contributed by atoms with E-state index in [1.165, 1.54) is 38.9 Å². The molecule has 14 heavy (non-hydrogen) atoms. The molecule has 0 atom stereocenters. The van der Waals surface area contributed by atoms with Crippen molar-refractivity contribution in [2.45, 2.75) is 47.0 Å². The van der Waals surface area contributed by atoms with Gasteiger partial charge >= 0.3 is 0 Å². The molecule has 0 saturated heterocycles. The monoisotopic (exact) mass is 263 g/mol. The topological polar surface area (TPSA) is 3.24 Å². The molecule has 0 aliphatic rings. The highest BCUT2D eigenvalue weighted by Gasteiger charge is 2.12. The van der Waals surface area contributed by atoms with E-state index in [-0.39, 0.29) is 0 Å². The van der Waals surface area contributed by atoms with Gasteiger partial charge in [0.15, 0.2) is 0 Å². The average molecular weight is 264 g/mol. The Morgan fingerprint density at radius 2 is 1.71 bits per heavy atom. The minimum absolute atomic E-state index is 0.469. The van der Waals surface area contributed by atoms with Gasteiger partial charge in [-0.1, -0.05) is 50.0 Å². The first kappa shape index (κ1) is 14.4. The standard InChI is InChI=1S/C12H26BrN/c1-5-6-9-14(11-8-13)10-7-12(2,3)4/h5-11H2,1-4H3. The molecule has 0 aromatic carbocycles. The summed E-state index contributed by atoms with van der Waals surface area (Å²) >= 11 is 3.52. The molecule has 0 N–H and O–H groups in total. The summed E-state index contributed by atoms with van der Waals surface area (Å²) in [4.78, 5) is 2.57. The minimum atomic E-state index is 0.469. The van der Waals surface area contributed by atoms with E-state index in [9.17, 15) is 0 Å². The highest BCUT2D eigenvalue weighted by atomic mass is 79.9. The van der Waals surface area contributed by atoms with E-state index in [1.807, 2.05) is 0 Å². The molecule has 0 aliphatic heterocycles. The van der Waals surface area contributed by atoms with Crippen LogP contribution in [0.5, 0.6) is 0 Å². The SMILES string of the molecule is CCCCN(CCBr)CCC(C)(C)C. The normalized spacial score (nSPS) is 12.4. The van der Waals surface area contributed by atoms with Crippen LogP contribution in [0.3, 0.4) is 0 Å². The van der Waals surface area contributed by atoms with Gasteiger partial charge in [0.05, 0.1) is 0 Å². The van der Waals surface area contributed by atoms with E-state index < -0.39 is 0 Å². The highest BCUT2D eigenvalue weighted by Crippen LogP contribution is 2.18. The molecule has 0 spiro atoms. The van der Waals surface area contributed by atoms with E-state index in [2.05, 4.69) is 48.5 Å². The lowest BCUT2D eigenvalue weighted by Gasteiger charge is -2.26. The summed E-state index contributed by atoms with van der Waals surface area (Å²) in [6.07, 6.45) is 3.93. The van der Waals surface area contributed by atoms with E-state index in [1.54, 1.807) is 0 Å². The second-order valence-corrected chi connectivity index (χ2v) is 5.99. The minimum Gasteiger partial charge on any atom is -0.302 e. The molecular formula is C12H26BrN. The Hall–Kier alpha value is 0.440. The Morgan fingerprint density at radius 3 is 2.14 bits per heavy atom. The number of hydrogen-bond donors (Lipinski definition) is 0. The first-order valence-electron chi connectivity index (χ1n) is 5.78. The maximum Gasteiger partial charge on any atom is 0.0159 e. The Morgan fingerprint density at radius 1 is 1.07 bits per heavy atom. The maximum absolute atomic E-state index is 3.52. The van der Waals surface area contributed by atoms with Crippen molar-refractivity contribution in [2.75, 3.05) is 25.0 Å². The molecule has 0 aromatic rings. The summed E-state index contributed by atoms with van der Waals surface area (Å²) < 4.78 is 0. The summed E-state index contributed by atoms with van der Waals surface area (Å²) in [6, 6.07) is 0. The molecular weight excluding hydrogens is 238 g/mol. The Kier molecular flexibility index (Phi) is 7.94. The molecule has 0 unspecified atom stereocenters. The van der Waals surface area contributed by atoms with Gasteiger partial charge in [-0.15, -0.1) is 0 Å². The predicted molar refractivity (Wildman–Crippen MR) is 69.2 cm³/mol. The van der Waals surface area contributed by atoms with Crippen LogP contribution in [-0.2, 0) is 0 Å². The van der Waals surface area contributed by atoms with Crippen molar-refractivity contribution in [2.24, 2.45) is 5.41 Å². The number of halogens is 1. The van der Waals surface area contributed by atoms with Crippen molar-refractivity contribution < 1.29 is 0 Å². The molecule has 86 valence electrons. The Labute approximate surface area is 98.4 Å². The van der Waals surface area contributed by atoms with Crippen LogP contribution in [0.15, 0.2) is 0 Å². The quantitative estimate of drug-likeness (QED) is 0.630. The summed E-state index contributed by atoms with van der Waals surface area (Å²) in [7, 11) is 0. The molecule has 0 aromatic heterocycles. The van der Waals surface area contributed by atoms with Gasteiger partial charge in [0.25, 0.3) is 0 Å². The lowest BCUT2D eigenvalue weighted by molar-refractivity contribution is 0.236. The summed E-state index contributed by atoms with van der Waals surface area (Å²) in [6.45, 7) is 12.9. The van der Waals surface area contributed by atoms with Crippen LogP contribution in [0.2, 0.25) is 0 Å². The van der Waals surface area contributed by atoms with Gasteiger partial charge in [0, 0.05) is 11.9 Å². The van der Waals surface area contributed by atoms with Crippen molar-refractivity contribution in [1.82, 2.24) is 4.90 Å². The molecule has 0 heterocycles. The maximum atomic E-state index is 3.52. The zero-order chi connectivity index (χ0) is 11.0. The fraction of sp³-hybridized carbons (Fsp3) is 1.00. The van der Waals surface area contributed by atoms with Gasteiger partial charge < -0.3 is 4.90 Å². The van der Waals surface area contributed by atoms with E-state index in [0.29, 0.717) is 5.41 Å².